The van der Waals surface area contributed by atoms with Crippen LogP contribution in [0, 0.1) is 5.92 Å². The smallest absolute Gasteiger partial charge is 0.0499 e. The van der Waals surface area contributed by atoms with Crippen molar-refractivity contribution in [2.45, 2.75) is 44.6 Å². The lowest BCUT2D eigenvalue weighted by Crippen LogP contribution is -2.33. The molecule has 0 aliphatic heterocycles. The van der Waals surface area contributed by atoms with Crippen LogP contribution in [0.3, 0.4) is 0 Å². The van der Waals surface area contributed by atoms with E-state index < -0.39 is 0 Å². The first-order valence-corrected chi connectivity index (χ1v) is 8.22. The highest BCUT2D eigenvalue weighted by molar-refractivity contribution is 9.11. The summed E-state index contributed by atoms with van der Waals surface area (Å²) in [7, 11) is 0. The van der Waals surface area contributed by atoms with Gasteiger partial charge in [-0.05, 0) is 36.5 Å². The molecule has 1 unspecified atom stereocenters. The Morgan fingerprint density at radius 2 is 1.78 bits per heavy atom. The van der Waals surface area contributed by atoms with Gasteiger partial charge < -0.3 is 0 Å². The zero-order valence-electron chi connectivity index (χ0n) is 10.5. The average molecular weight is 376 g/mol. The summed E-state index contributed by atoms with van der Waals surface area (Å²) < 4.78 is 2.22. The van der Waals surface area contributed by atoms with Crippen molar-refractivity contribution in [3.8, 4) is 0 Å². The maximum atomic E-state index is 5.81. The van der Waals surface area contributed by atoms with Crippen LogP contribution in [0.2, 0.25) is 0 Å². The van der Waals surface area contributed by atoms with Gasteiger partial charge in [0.2, 0.25) is 0 Å². The Balaban J connectivity index is 2.20. The quantitative estimate of drug-likeness (QED) is 0.457. The molecular weight excluding hydrogens is 356 g/mol. The van der Waals surface area contributed by atoms with E-state index in [1.165, 1.54) is 44.1 Å². The molecule has 2 nitrogen and oxygen atoms in total. The third-order valence-electron chi connectivity index (χ3n) is 3.85. The predicted octanol–water partition coefficient (Wildman–Crippen LogP) is 4.69. The molecule has 100 valence electrons. The summed E-state index contributed by atoms with van der Waals surface area (Å²) in [6, 6.07) is 6.59. The number of nitrogens with one attached hydrogen (secondary N) is 1. The molecule has 0 heterocycles. The topological polar surface area (TPSA) is 38.0 Å². The number of halogens is 2. The van der Waals surface area contributed by atoms with Gasteiger partial charge in [0.1, 0.15) is 0 Å². The van der Waals surface area contributed by atoms with Gasteiger partial charge in [0.25, 0.3) is 0 Å². The third kappa shape index (κ3) is 3.56. The van der Waals surface area contributed by atoms with Crippen molar-refractivity contribution < 1.29 is 0 Å². The molecule has 18 heavy (non-hydrogen) atoms. The van der Waals surface area contributed by atoms with Gasteiger partial charge in [-0.15, -0.1) is 0 Å². The normalized spacial score (nSPS) is 19.5. The lowest BCUT2D eigenvalue weighted by molar-refractivity contribution is 0.328. The molecule has 1 fully saturated rings. The van der Waals surface area contributed by atoms with Gasteiger partial charge >= 0.3 is 0 Å². The molecule has 1 atom stereocenters. The SMILES string of the molecule is NNC(c1ccc(Br)cc1Br)C1CCCCCC1. The second-order valence-electron chi connectivity index (χ2n) is 5.06. The van der Waals surface area contributed by atoms with E-state index in [2.05, 4.69) is 55.5 Å². The molecule has 4 heteroatoms. The molecule has 1 saturated carbocycles. The summed E-state index contributed by atoms with van der Waals surface area (Å²) in [5.41, 5.74) is 4.30. The van der Waals surface area contributed by atoms with E-state index in [4.69, 9.17) is 5.84 Å². The summed E-state index contributed by atoms with van der Waals surface area (Å²) in [5, 5.41) is 0. The molecule has 1 aromatic rings. The van der Waals surface area contributed by atoms with Crippen LogP contribution in [0.25, 0.3) is 0 Å². The Morgan fingerprint density at radius 3 is 2.33 bits per heavy atom. The molecule has 1 aromatic carbocycles. The van der Waals surface area contributed by atoms with Crippen LogP contribution >= 0.6 is 31.9 Å². The summed E-state index contributed by atoms with van der Waals surface area (Å²) in [5.74, 6) is 6.46. The predicted molar refractivity (Wildman–Crippen MR) is 83.1 cm³/mol. The van der Waals surface area contributed by atoms with Crippen LogP contribution < -0.4 is 11.3 Å². The Bertz CT molecular complexity index is 387. The molecule has 1 aliphatic carbocycles. The van der Waals surface area contributed by atoms with E-state index in [9.17, 15) is 0 Å². The van der Waals surface area contributed by atoms with Gasteiger partial charge in [-0.2, -0.15) is 0 Å². The zero-order valence-corrected chi connectivity index (χ0v) is 13.6. The number of nitrogens with two attached hydrogens (primary N) is 1. The fourth-order valence-electron chi connectivity index (χ4n) is 2.88. The summed E-state index contributed by atoms with van der Waals surface area (Å²) in [6.07, 6.45) is 7.95. The lowest BCUT2D eigenvalue weighted by atomic mass is 9.87. The number of benzene rings is 1. The molecule has 0 radical (unpaired) electrons. The van der Waals surface area contributed by atoms with Crippen LogP contribution in [-0.2, 0) is 0 Å². The fraction of sp³-hybridized carbons (Fsp3) is 0.571. The monoisotopic (exact) mass is 374 g/mol. The molecule has 2 rings (SSSR count). The lowest BCUT2D eigenvalue weighted by Gasteiger charge is -2.27. The third-order valence-corrected chi connectivity index (χ3v) is 5.03. The van der Waals surface area contributed by atoms with E-state index in [1.54, 1.807) is 0 Å². The Hall–Kier alpha value is 0.1000. The Morgan fingerprint density at radius 1 is 1.11 bits per heavy atom. The van der Waals surface area contributed by atoms with Crippen molar-refractivity contribution in [1.82, 2.24) is 5.43 Å². The minimum Gasteiger partial charge on any atom is -0.271 e. The van der Waals surface area contributed by atoms with E-state index in [0.717, 1.165) is 8.95 Å². The zero-order chi connectivity index (χ0) is 13.0. The number of hydrogen-bond acceptors (Lipinski definition) is 2. The van der Waals surface area contributed by atoms with Crippen molar-refractivity contribution in [2.24, 2.45) is 11.8 Å². The fourth-order valence-corrected chi connectivity index (χ4v) is 4.17. The van der Waals surface area contributed by atoms with Crippen LogP contribution in [0.15, 0.2) is 27.1 Å². The van der Waals surface area contributed by atoms with Gasteiger partial charge in [0.05, 0.1) is 0 Å². The molecule has 1 aliphatic rings. The molecular formula is C14H20Br2N2. The summed E-state index contributed by atoms with van der Waals surface area (Å²) in [4.78, 5) is 0. The van der Waals surface area contributed by atoms with Gasteiger partial charge in [0.15, 0.2) is 0 Å². The van der Waals surface area contributed by atoms with Crippen molar-refractivity contribution >= 4 is 31.9 Å². The number of hydrazine groups is 1. The first-order chi connectivity index (χ1) is 8.72. The molecule has 0 spiro atoms. The van der Waals surface area contributed by atoms with Gasteiger partial charge in [-0.25, -0.2) is 0 Å². The standard InChI is InChI=1S/C14H20Br2N2/c15-11-7-8-12(13(16)9-11)14(18-17)10-5-3-1-2-4-6-10/h7-10,14,18H,1-6,17H2. The molecule has 0 bridgehead atoms. The van der Waals surface area contributed by atoms with Gasteiger partial charge in [-0.3, -0.25) is 11.3 Å². The van der Waals surface area contributed by atoms with E-state index in [-0.39, 0.29) is 6.04 Å². The highest BCUT2D eigenvalue weighted by atomic mass is 79.9. The van der Waals surface area contributed by atoms with Crippen molar-refractivity contribution in [2.75, 3.05) is 0 Å². The van der Waals surface area contributed by atoms with Crippen LogP contribution in [0.4, 0.5) is 0 Å². The minimum absolute atomic E-state index is 0.255. The van der Waals surface area contributed by atoms with Crippen molar-refractivity contribution in [3.63, 3.8) is 0 Å². The number of hydrogen-bond donors (Lipinski definition) is 2. The maximum Gasteiger partial charge on any atom is 0.0499 e. The Kier molecular flexibility index (Phi) is 5.67. The summed E-state index contributed by atoms with van der Waals surface area (Å²) >= 11 is 7.14. The van der Waals surface area contributed by atoms with Gasteiger partial charge in [-0.1, -0.05) is 63.6 Å². The van der Waals surface area contributed by atoms with Crippen molar-refractivity contribution in [1.29, 1.82) is 0 Å². The first-order valence-electron chi connectivity index (χ1n) is 6.63. The van der Waals surface area contributed by atoms with Crippen LogP contribution in [0.1, 0.15) is 50.1 Å². The minimum atomic E-state index is 0.255. The molecule has 0 saturated heterocycles. The maximum absolute atomic E-state index is 5.81. The van der Waals surface area contributed by atoms with E-state index >= 15 is 0 Å². The highest BCUT2D eigenvalue weighted by Gasteiger charge is 2.24. The van der Waals surface area contributed by atoms with E-state index in [0.29, 0.717) is 5.92 Å². The number of rotatable bonds is 3. The second-order valence-corrected chi connectivity index (χ2v) is 6.83. The van der Waals surface area contributed by atoms with Gasteiger partial charge in [0, 0.05) is 15.0 Å². The van der Waals surface area contributed by atoms with Crippen LogP contribution in [-0.4, -0.2) is 0 Å². The molecule has 0 aromatic heterocycles. The molecule has 3 N–H and O–H groups in total. The second kappa shape index (κ2) is 7.04. The van der Waals surface area contributed by atoms with E-state index in [1.807, 2.05) is 0 Å². The largest absolute Gasteiger partial charge is 0.271 e. The highest BCUT2D eigenvalue weighted by Crippen LogP contribution is 2.36. The Labute approximate surface area is 126 Å². The average Bonchev–Trinajstić information content (AvgIpc) is 2.62. The summed E-state index contributed by atoms with van der Waals surface area (Å²) in [6.45, 7) is 0. The first kappa shape index (κ1) is 14.5. The molecule has 0 amide bonds. The van der Waals surface area contributed by atoms with Crippen molar-refractivity contribution in [3.05, 3.63) is 32.7 Å². The van der Waals surface area contributed by atoms with Crippen LogP contribution in [0.5, 0.6) is 0 Å².